The second kappa shape index (κ2) is 7.20. The quantitative estimate of drug-likeness (QED) is 0.768. The summed E-state index contributed by atoms with van der Waals surface area (Å²) in [6.45, 7) is 2.64. The molecule has 0 spiro atoms. The van der Waals surface area contributed by atoms with Crippen molar-refractivity contribution in [3.05, 3.63) is 76.8 Å². The SMILES string of the molecule is Cc1nc(-c2ccccc2)sc1CCNC(=O)c1ccccc1. The number of aromatic nitrogens is 1. The van der Waals surface area contributed by atoms with E-state index in [0.29, 0.717) is 12.1 Å². The van der Waals surface area contributed by atoms with Crippen molar-refractivity contribution in [3.63, 3.8) is 0 Å². The van der Waals surface area contributed by atoms with Crippen LogP contribution in [-0.2, 0) is 6.42 Å². The lowest BCUT2D eigenvalue weighted by Gasteiger charge is -2.04. The Bertz CT molecular complexity index is 782. The van der Waals surface area contributed by atoms with Crippen molar-refractivity contribution in [1.29, 1.82) is 0 Å². The highest BCUT2D eigenvalue weighted by molar-refractivity contribution is 7.15. The minimum atomic E-state index is -0.0314. The molecule has 1 aromatic heterocycles. The number of benzene rings is 2. The number of aryl methyl sites for hydroxylation is 1. The summed E-state index contributed by atoms with van der Waals surface area (Å²) in [6.07, 6.45) is 0.801. The van der Waals surface area contributed by atoms with E-state index in [9.17, 15) is 4.79 Å². The predicted octanol–water partition coefficient (Wildman–Crippen LogP) is 4.09. The Morgan fingerprint density at radius 2 is 1.70 bits per heavy atom. The first-order valence-electron chi connectivity index (χ1n) is 7.59. The van der Waals surface area contributed by atoms with E-state index in [0.717, 1.165) is 22.7 Å². The smallest absolute Gasteiger partial charge is 0.251 e. The fraction of sp³-hybridized carbons (Fsp3) is 0.158. The third kappa shape index (κ3) is 3.85. The van der Waals surface area contributed by atoms with Crippen LogP contribution in [0, 0.1) is 6.92 Å². The molecule has 0 radical (unpaired) electrons. The molecular weight excluding hydrogens is 304 g/mol. The van der Waals surface area contributed by atoms with Crippen LogP contribution in [0.5, 0.6) is 0 Å². The van der Waals surface area contributed by atoms with Gasteiger partial charge in [0.25, 0.3) is 5.91 Å². The number of thiazole rings is 1. The van der Waals surface area contributed by atoms with Gasteiger partial charge in [-0.3, -0.25) is 4.79 Å². The average Bonchev–Trinajstić information content (AvgIpc) is 2.97. The zero-order valence-electron chi connectivity index (χ0n) is 13.0. The first-order chi connectivity index (χ1) is 11.2. The van der Waals surface area contributed by atoms with Crippen LogP contribution in [0.4, 0.5) is 0 Å². The van der Waals surface area contributed by atoms with Gasteiger partial charge < -0.3 is 5.32 Å². The second-order valence-electron chi connectivity index (χ2n) is 5.27. The fourth-order valence-corrected chi connectivity index (χ4v) is 3.41. The Morgan fingerprint density at radius 3 is 2.39 bits per heavy atom. The van der Waals surface area contributed by atoms with Gasteiger partial charge in [-0.2, -0.15) is 0 Å². The lowest BCUT2D eigenvalue weighted by Crippen LogP contribution is -2.25. The van der Waals surface area contributed by atoms with E-state index in [1.165, 1.54) is 4.88 Å². The molecule has 2 aromatic carbocycles. The summed E-state index contributed by atoms with van der Waals surface area (Å²) in [5.74, 6) is -0.0314. The number of carbonyl (C=O) groups is 1. The molecule has 0 unspecified atom stereocenters. The van der Waals surface area contributed by atoms with Gasteiger partial charge in [-0.05, 0) is 19.1 Å². The van der Waals surface area contributed by atoms with Crippen LogP contribution in [0.1, 0.15) is 20.9 Å². The molecule has 0 aliphatic heterocycles. The van der Waals surface area contributed by atoms with Crippen LogP contribution in [0.15, 0.2) is 60.7 Å². The number of rotatable bonds is 5. The topological polar surface area (TPSA) is 42.0 Å². The molecule has 0 saturated carbocycles. The van der Waals surface area contributed by atoms with E-state index >= 15 is 0 Å². The molecule has 0 fully saturated rings. The van der Waals surface area contributed by atoms with Gasteiger partial charge in [0, 0.05) is 29.0 Å². The van der Waals surface area contributed by atoms with Crippen molar-refractivity contribution >= 4 is 17.2 Å². The summed E-state index contributed by atoms with van der Waals surface area (Å²) in [5.41, 5.74) is 2.88. The summed E-state index contributed by atoms with van der Waals surface area (Å²) in [7, 11) is 0. The van der Waals surface area contributed by atoms with Crippen LogP contribution in [0.2, 0.25) is 0 Å². The van der Waals surface area contributed by atoms with Crippen molar-refractivity contribution in [1.82, 2.24) is 10.3 Å². The van der Waals surface area contributed by atoms with Gasteiger partial charge in [-0.25, -0.2) is 4.98 Å². The Labute approximate surface area is 140 Å². The first-order valence-corrected chi connectivity index (χ1v) is 8.40. The van der Waals surface area contributed by atoms with Gasteiger partial charge in [0.2, 0.25) is 0 Å². The molecule has 1 N–H and O–H groups in total. The Morgan fingerprint density at radius 1 is 1.04 bits per heavy atom. The highest BCUT2D eigenvalue weighted by atomic mass is 32.1. The van der Waals surface area contributed by atoms with Crippen LogP contribution in [0.25, 0.3) is 10.6 Å². The minimum Gasteiger partial charge on any atom is -0.352 e. The second-order valence-corrected chi connectivity index (χ2v) is 6.35. The molecule has 3 aromatic rings. The van der Waals surface area contributed by atoms with E-state index in [4.69, 9.17) is 0 Å². The maximum Gasteiger partial charge on any atom is 0.251 e. The van der Waals surface area contributed by atoms with Gasteiger partial charge in [-0.15, -0.1) is 11.3 Å². The van der Waals surface area contributed by atoms with Gasteiger partial charge in [0.1, 0.15) is 5.01 Å². The summed E-state index contributed by atoms with van der Waals surface area (Å²) in [4.78, 5) is 17.9. The predicted molar refractivity (Wildman–Crippen MR) is 94.8 cm³/mol. The Hall–Kier alpha value is -2.46. The third-order valence-electron chi connectivity index (χ3n) is 3.59. The Kier molecular flexibility index (Phi) is 4.83. The summed E-state index contributed by atoms with van der Waals surface area (Å²) in [6, 6.07) is 19.5. The van der Waals surface area contributed by atoms with Crippen LogP contribution in [-0.4, -0.2) is 17.4 Å². The molecule has 0 aliphatic rings. The zero-order valence-corrected chi connectivity index (χ0v) is 13.8. The largest absolute Gasteiger partial charge is 0.352 e. The molecule has 4 heteroatoms. The van der Waals surface area contributed by atoms with Crippen molar-refractivity contribution in [3.8, 4) is 10.6 Å². The van der Waals surface area contributed by atoms with Crippen molar-refractivity contribution in [2.45, 2.75) is 13.3 Å². The zero-order chi connectivity index (χ0) is 16.1. The maximum atomic E-state index is 12.0. The van der Waals surface area contributed by atoms with Gasteiger partial charge in [0.05, 0.1) is 5.69 Å². The van der Waals surface area contributed by atoms with E-state index in [1.54, 1.807) is 11.3 Å². The molecule has 1 heterocycles. The molecule has 0 atom stereocenters. The number of amides is 1. The Balaban J connectivity index is 1.61. The normalized spacial score (nSPS) is 10.5. The summed E-state index contributed by atoms with van der Waals surface area (Å²) >= 11 is 1.70. The van der Waals surface area contributed by atoms with E-state index in [-0.39, 0.29) is 5.91 Å². The van der Waals surface area contributed by atoms with E-state index in [2.05, 4.69) is 22.4 Å². The fourth-order valence-electron chi connectivity index (χ4n) is 2.35. The van der Waals surface area contributed by atoms with Gasteiger partial charge >= 0.3 is 0 Å². The molecule has 3 nitrogen and oxygen atoms in total. The van der Waals surface area contributed by atoms with Crippen molar-refractivity contribution in [2.24, 2.45) is 0 Å². The van der Waals surface area contributed by atoms with Gasteiger partial charge in [-0.1, -0.05) is 48.5 Å². The molecule has 23 heavy (non-hydrogen) atoms. The molecule has 0 bridgehead atoms. The number of hydrogen-bond donors (Lipinski definition) is 1. The van der Waals surface area contributed by atoms with E-state index < -0.39 is 0 Å². The highest BCUT2D eigenvalue weighted by Crippen LogP contribution is 2.27. The summed E-state index contributed by atoms with van der Waals surface area (Å²) < 4.78 is 0. The number of carbonyl (C=O) groups excluding carboxylic acids is 1. The average molecular weight is 322 g/mol. The molecule has 0 saturated heterocycles. The first kappa shape index (κ1) is 15.4. The third-order valence-corrected chi connectivity index (χ3v) is 4.85. The van der Waals surface area contributed by atoms with Crippen molar-refractivity contribution in [2.75, 3.05) is 6.54 Å². The number of hydrogen-bond acceptors (Lipinski definition) is 3. The lowest BCUT2D eigenvalue weighted by atomic mass is 10.2. The molecule has 0 aliphatic carbocycles. The maximum absolute atomic E-state index is 12.0. The van der Waals surface area contributed by atoms with Crippen LogP contribution >= 0.6 is 11.3 Å². The molecule has 116 valence electrons. The van der Waals surface area contributed by atoms with E-state index in [1.807, 2.05) is 55.5 Å². The molecular formula is C19H18N2OS. The molecule has 3 rings (SSSR count). The highest BCUT2D eigenvalue weighted by Gasteiger charge is 2.10. The molecule has 1 amide bonds. The minimum absolute atomic E-state index is 0.0314. The van der Waals surface area contributed by atoms with Gasteiger partial charge in [0.15, 0.2) is 0 Å². The van der Waals surface area contributed by atoms with Crippen LogP contribution < -0.4 is 5.32 Å². The number of nitrogens with zero attached hydrogens (tertiary/aromatic N) is 1. The van der Waals surface area contributed by atoms with Crippen LogP contribution in [0.3, 0.4) is 0 Å². The standard InChI is InChI=1S/C19H18N2OS/c1-14-17(23-19(21-14)16-10-6-3-7-11-16)12-13-20-18(22)15-8-4-2-5-9-15/h2-11H,12-13H2,1H3,(H,20,22). The summed E-state index contributed by atoms with van der Waals surface area (Å²) in [5, 5.41) is 4.00. The monoisotopic (exact) mass is 322 g/mol. The lowest BCUT2D eigenvalue weighted by molar-refractivity contribution is 0.0954. The number of nitrogens with one attached hydrogen (secondary N) is 1. The van der Waals surface area contributed by atoms with Crippen molar-refractivity contribution < 1.29 is 4.79 Å².